The first-order chi connectivity index (χ1) is 8.18. The van der Waals surface area contributed by atoms with E-state index in [4.69, 9.17) is 0 Å². The summed E-state index contributed by atoms with van der Waals surface area (Å²) in [7, 11) is 0. The van der Waals surface area contributed by atoms with E-state index in [1.165, 1.54) is 6.20 Å². The summed E-state index contributed by atoms with van der Waals surface area (Å²) in [5.74, 6) is 0.527. The predicted molar refractivity (Wildman–Crippen MR) is 63.9 cm³/mol. The van der Waals surface area contributed by atoms with Gasteiger partial charge in [0.25, 0.3) is 5.56 Å². The summed E-state index contributed by atoms with van der Waals surface area (Å²) >= 11 is 0. The molecule has 0 unspecified atom stereocenters. The SMILES string of the molecule is CC(=O)N1CCCN(c2ncc[nH]c2=O)CC1. The Kier molecular flexibility index (Phi) is 3.41. The molecule has 2 rings (SSSR count). The lowest BCUT2D eigenvalue weighted by Crippen LogP contribution is -2.35. The third-order valence-corrected chi connectivity index (χ3v) is 2.93. The van der Waals surface area contributed by atoms with Crippen LogP contribution in [0.15, 0.2) is 17.2 Å². The molecule has 1 aliphatic heterocycles. The standard InChI is InChI=1S/C11H16N4O2/c1-9(16)14-5-2-6-15(8-7-14)10-11(17)13-4-3-12-10/h3-4H,2,5-8H2,1H3,(H,13,17). The number of H-pyrrole nitrogens is 1. The summed E-state index contributed by atoms with van der Waals surface area (Å²) in [4.78, 5) is 33.3. The molecule has 0 spiro atoms. The molecule has 0 radical (unpaired) electrons. The van der Waals surface area contributed by atoms with Crippen LogP contribution in [-0.4, -0.2) is 47.0 Å². The molecule has 1 N–H and O–H groups in total. The van der Waals surface area contributed by atoms with E-state index >= 15 is 0 Å². The molecule has 0 aromatic carbocycles. The van der Waals surface area contributed by atoms with Crippen molar-refractivity contribution in [2.45, 2.75) is 13.3 Å². The van der Waals surface area contributed by atoms with E-state index in [0.29, 0.717) is 18.9 Å². The van der Waals surface area contributed by atoms with Crippen LogP contribution in [0, 0.1) is 0 Å². The molecular formula is C11H16N4O2. The van der Waals surface area contributed by atoms with Crippen molar-refractivity contribution >= 4 is 11.7 Å². The third kappa shape index (κ3) is 2.64. The van der Waals surface area contributed by atoms with Crippen LogP contribution in [0.25, 0.3) is 0 Å². The Hall–Kier alpha value is -1.85. The molecule has 1 fully saturated rings. The number of carbonyl (C=O) groups is 1. The van der Waals surface area contributed by atoms with E-state index < -0.39 is 0 Å². The highest BCUT2D eigenvalue weighted by molar-refractivity contribution is 5.73. The van der Waals surface area contributed by atoms with Gasteiger partial charge in [0.15, 0.2) is 5.82 Å². The molecule has 1 saturated heterocycles. The third-order valence-electron chi connectivity index (χ3n) is 2.93. The fourth-order valence-electron chi connectivity index (χ4n) is 2.01. The van der Waals surface area contributed by atoms with Crippen LogP contribution < -0.4 is 10.5 Å². The molecule has 1 aromatic heterocycles. The molecule has 17 heavy (non-hydrogen) atoms. The number of hydrogen-bond donors (Lipinski definition) is 1. The van der Waals surface area contributed by atoms with Crippen LogP contribution in [0.5, 0.6) is 0 Å². The number of nitrogens with zero attached hydrogens (tertiary/aromatic N) is 3. The first-order valence-corrected chi connectivity index (χ1v) is 5.72. The van der Waals surface area contributed by atoms with E-state index in [0.717, 1.165) is 19.5 Å². The van der Waals surface area contributed by atoms with Gasteiger partial charge in [-0.3, -0.25) is 9.59 Å². The zero-order valence-electron chi connectivity index (χ0n) is 9.85. The molecule has 6 heteroatoms. The van der Waals surface area contributed by atoms with Gasteiger partial charge in [0, 0.05) is 45.5 Å². The Labute approximate surface area is 99.3 Å². The Morgan fingerprint density at radius 3 is 2.88 bits per heavy atom. The van der Waals surface area contributed by atoms with E-state index in [2.05, 4.69) is 9.97 Å². The largest absolute Gasteiger partial charge is 0.350 e. The average Bonchev–Trinajstić information content (AvgIpc) is 2.55. The van der Waals surface area contributed by atoms with Crippen LogP contribution >= 0.6 is 0 Å². The summed E-state index contributed by atoms with van der Waals surface area (Å²) in [6, 6.07) is 0. The molecule has 1 aliphatic rings. The van der Waals surface area contributed by atoms with E-state index in [-0.39, 0.29) is 11.5 Å². The lowest BCUT2D eigenvalue weighted by atomic mass is 10.4. The van der Waals surface area contributed by atoms with Crippen LogP contribution in [0.3, 0.4) is 0 Å². The lowest BCUT2D eigenvalue weighted by Gasteiger charge is -2.21. The van der Waals surface area contributed by atoms with Gasteiger partial charge < -0.3 is 14.8 Å². The second-order valence-electron chi connectivity index (χ2n) is 4.09. The molecule has 6 nitrogen and oxygen atoms in total. The number of carbonyl (C=O) groups excluding carboxylic acids is 1. The highest BCUT2D eigenvalue weighted by atomic mass is 16.2. The number of aromatic nitrogens is 2. The summed E-state index contributed by atoms with van der Waals surface area (Å²) in [5.41, 5.74) is -0.177. The monoisotopic (exact) mass is 236 g/mol. The van der Waals surface area contributed by atoms with Gasteiger partial charge in [-0.05, 0) is 6.42 Å². The molecule has 0 saturated carbocycles. The van der Waals surface area contributed by atoms with E-state index in [9.17, 15) is 9.59 Å². The number of hydrogen-bond acceptors (Lipinski definition) is 4. The van der Waals surface area contributed by atoms with Crippen LogP contribution in [0.1, 0.15) is 13.3 Å². The molecule has 0 aliphatic carbocycles. The van der Waals surface area contributed by atoms with Gasteiger partial charge in [0.05, 0.1) is 0 Å². The van der Waals surface area contributed by atoms with Gasteiger partial charge in [-0.15, -0.1) is 0 Å². The fraction of sp³-hybridized carbons (Fsp3) is 0.545. The quantitative estimate of drug-likeness (QED) is 0.735. The van der Waals surface area contributed by atoms with Crippen molar-refractivity contribution in [1.29, 1.82) is 0 Å². The van der Waals surface area contributed by atoms with Crippen molar-refractivity contribution in [3.63, 3.8) is 0 Å². The molecule has 0 bridgehead atoms. The van der Waals surface area contributed by atoms with E-state index in [1.54, 1.807) is 18.0 Å². The zero-order chi connectivity index (χ0) is 12.3. The van der Waals surface area contributed by atoms with Gasteiger partial charge in [-0.1, -0.05) is 0 Å². The summed E-state index contributed by atoms with van der Waals surface area (Å²) < 4.78 is 0. The maximum absolute atomic E-state index is 11.6. The van der Waals surface area contributed by atoms with Crippen LogP contribution in [-0.2, 0) is 4.79 Å². The molecule has 2 heterocycles. The smallest absolute Gasteiger partial charge is 0.290 e. The Bertz CT molecular complexity index is 457. The maximum atomic E-state index is 11.6. The number of aromatic amines is 1. The van der Waals surface area contributed by atoms with Gasteiger partial charge in [-0.25, -0.2) is 4.98 Å². The van der Waals surface area contributed by atoms with Gasteiger partial charge >= 0.3 is 0 Å². The summed E-state index contributed by atoms with van der Waals surface area (Å²) in [6.45, 7) is 4.37. The minimum Gasteiger partial charge on any atom is -0.350 e. The second-order valence-corrected chi connectivity index (χ2v) is 4.09. The lowest BCUT2D eigenvalue weighted by molar-refractivity contribution is -0.128. The topological polar surface area (TPSA) is 69.3 Å². The Balaban J connectivity index is 2.12. The van der Waals surface area contributed by atoms with Crippen LogP contribution in [0.4, 0.5) is 5.82 Å². The summed E-state index contributed by atoms with van der Waals surface area (Å²) in [5, 5.41) is 0. The van der Waals surface area contributed by atoms with Gasteiger partial charge in [0.2, 0.25) is 5.91 Å². The first kappa shape index (κ1) is 11.6. The predicted octanol–water partition coefficient (Wildman–Crippen LogP) is -0.172. The van der Waals surface area contributed by atoms with E-state index in [1.807, 2.05) is 4.90 Å². The van der Waals surface area contributed by atoms with Crippen molar-refractivity contribution in [3.05, 3.63) is 22.7 Å². The number of nitrogens with one attached hydrogen (secondary N) is 1. The maximum Gasteiger partial charge on any atom is 0.290 e. The van der Waals surface area contributed by atoms with Crippen molar-refractivity contribution in [1.82, 2.24) is 14.9 Å². The number of amides is 1. The fourth-order valence-corrected chi connectivity index (χ4v) is 2.01. The molecule has 1 amide bonds. The molecule has 92 valence electrons. The van der Waals surface area contributed by atoms with Crippen molar-refractivity contribution in [2.75, 3.05) is 31.1 Å². The highest BCUT2D eigenvalue weighted by Gasteiger charge is 2.18. The molecule has 0 atom stereocenters. The van der Waals surface area contributed by atoms with Crippen molar-refractivity contribution in [2.24, 2.45) is 0 Å². The average molecular weight is 236 g/mol. The van der Waals surface area contributed by atoms with Gasteiger partial charge in [0.1, 0.15) is 0 Å². The minimum absolute atomic E-state index is 0.0850. The summed E-state index contributed by atoms with van der Waals surface area (Å²) in [6.07, 6.45) is 3.95. The molecule has 1 aromatic rings. The first-order valence-electron chi connectivity index (χ1n) is 5.72. The Morgan fingerprint density at radius 2 is 2.18 bits per heavy atom. The second kappa shape index (κ2) is 4.99. The normalized spacial score (nSPS) is 16.8. The van der Waals surface area contributed by atoms with Crippen molar-refractivity contribution in [3.8, 4) is 0 Å². The van der Waals surface area contributed by atoms with Crippen LogP contribution in [0.2, 0.25) is 0 Å². The number of rotatable bonds is 1. The van der Waals surface area contributed by atoms with Gasteiger partial charge in [-0.2, -0.15) is 0 Å². The van der Waals surface area contributed by atoms with Crippen molar-refractivity contribution < 1.29 is 4.79 Å². The minimum atomic E-state index is -0.177. The zero-order valence-corrected chi connectivity index (χ0v) is 9.85. The molecular weight excluding hydrogens is 220 g/mol. The number of anilines is 1. The Morgan fingerprint density at radius 1 is 1.35 bits per heavy atom. The highest BCUT2D eigenvalue weighted by Crippen LogP contribution is 2.08.